The Bertz CT molecular complexity index is 306. The van der Waals surface area contributed by atoms with Crippen LogP contribution >= 0.6 is 0 Å². The van der Waals surface area contributed by atoms with Crippen LogP contribution in [-0.4, -0.2) is 36.2 Å². The molecule has 0 saturated carbocycles. The second-order valence-corrected chi connectivity index (χ2v) is 3.88. The minimum atomic E-state index is -3.92. The van der Waals surface area contributed by atoms with Gasteiger partial charge in [-0.1, -0.05) is 0 Å². The van der Waals surface area contributed by atoms with Crippen LogP contribution in [0.4, 0.5) is 0 Å². The summed E-state index contributed by atoms with van der Waals surface area (Å²) in [5.74, 6) is 0. The Morgan fingerprint density at radius 2 is 2.17 bits per heavy atom. The number of thiol groups is 1. The van der Waals surface area contributed by atoms with Crippen molar-refractivity contribution in [1.82, 2.24) is 0 Å². The van der Waals surface area contributed by atoms with Gasteiger partial charge in [-0.2, -0.15) is 8.42 Å². The summed E-state index contributed by atoms with van der Waals surface area (Å²) in [5.41, 5.74) is 0. The summed E-state index contributed by atoms with van der Waals surface area (Å²) in [7, 11) is -6.90. The third kappa shape index (κ3) is 3.03. The first kappa shape index (κ1) is 9.86. The quantitative estimate of drug-likeness (QED) is 0.557. The highest BCUT2D eigenvalue weighted by Gasteiger charge is 2.30. The van der Waals surface area contributed by atoms with E-state index in [9.17, 15) is 16.8 Å². The molecule has 7 nitrogen and oxygen atoms in total. The highest BCUT2D eigenvalue weighted by Crippen LogP contribution is 2.12. The zero-order valence-corrected chi connectivity index (χ0v) is 7.42. The molecule has 0 radical (unpaired) electrons. The van der Waals surface area contributed by atoms with Crippen molar-refractivity contribution in [3.63, 3.8) is 0 Å². The molecule has 1 saturated heterocycles. The fourth-order valence-electron chi connectivity index (χ4n) is 0.601. The van der Waals surface area contributed by atoms with Gasteiger partial charge >= 0.3 is 10.4 Å². The summed E-state index contributed by atoms with van der Waals surface area (Å²) >= 11 is 0. The minimum absolute atomic E-state index is 0.217. The van der Waals surface area contributed by atoms with Gasteiger partial charge in [0.2, 0.25) is 0 Å². The van der Waals surface area contributed by atoms with Crippen molar-refractivity contribution >= 4 is 21.4 Å². The van der Waals surface area contributed by atoms with E-state index in [4.69, 9.17) is 0 Å². The van der Waals surface area contributed by atoms with Crippen molar-refractivity contribution in [3.8, 4) is 0 Å². The van der Waals surface area contributed by atoms with Crippen LogP contribution in [0.3, 0.4) is 0 Å². The molecule has 1 aliphatic rings. The predicted molar refractivity (Wildman–Crippen MR) is 36.0 cm³/mol. The van der Waals surface area contributed by atoms with Crippen molar-refractivity contribution in [2.24, 2.45) is 0 Å². The summed E-state index contributed by atoms with van der Waals surface area (Å²) in [4.78, 5) is 0. The molecule has 0 spiro atoms. The van der Waals surface area contributed by atoms with Crippen LogP contribution < -0.4 is 0 Å². The Hall–Kier alpha value is -0.220. The molecule has 1 fully saturated rings. The average molecular weight is 218 g/mol. The normalized spacial score (nSPS) is 27.9. The Morgan fingerprint density at radius 3 is 2.58 bits per heavy atom. The van der Waals surface area contributed by atoms with E-state index in [1.54, 1.807) is 0 Å². The second-order valence-electron chi connectivity index (χ2n) is 1.93. The Morgan fingerprint density at radius 1 is 1.50 bits per heavy atom. The molecule has 1 unspecified atom stereocenters. The summed E-state index contributed by atoms with van der Waals surface area (Å²) in [6.45, 7) is -0.566. The van der Waals surface area contributed by atoms with Gasteiger partial charge < -0.3 is 0 Å². The van der Waals surface area contributed by atoms with E-state index in [1.807, 2.05) is 0 Å². The Labute approximate surface area is 70.7 Å². The molecule has 1 atom stereocenters. The fraction of sp³-hybridized carbons (Fsp3) is 1.00. The summed E-state index contributed by atoms with van der Waals surface area (Å²) in [6.07, 6.45) is -0.872. The van der Waals surface area contributed by atoms with Gasteiger partial charge in [-0.3, -0.25) is 4.18 Å². The first-order chi connectivity index (χ1) is 5.49. The lowest BCUT2D eigenvalue weighted by atomic mass is 10.4. The van der Waals surface area contributed by atoms with Gasteiger partial charge in [0, 0.05) is 0 Å². The van der Waals surface area contributed by atoms with Crippen molar-refractivity contribution < 1.29 is 29.4 Å². The molecule has 1 heterocycles. The molecule has 1 rings (SSSR count). The topological polar surface area (TPSA) is 96.0 Å². The van der Waals surface area contributed by atoms with E-state index in [0.717, 1.165) is 0 Å². The Kier molecular flexibility index (Phi) is 3.01. The molecular formula is C3H6O7S2. The lowest BCUT2D eigenvalue weighted by Crippen LogP contribution is -2.17. The third-order valence-electron chi connectivity index (χ3n) is 1.02. The molecule has 0 N–H and O–H groups in total. The smallest absolute Gasteiger partial charge is 0.269 e. The van der Waals surface area contributed by atoms with Gasteiger partial charge in [-0.25, -0.2) is 16.8 Å². The van der Waals surface area contributed by atoms with Crippen LogP contribution in [0.15, 0.2) is 0 Å². The van der Waals surface area contributed by atoms with Crippen LogP contribution in [-0.2, 0) is 33.9 Å². The van der Waals surface area contributed by atoms with Crippen LogP contribution in [0.1, 0.15) is 0 Å². The SMILES string of the molecule is O=[SH](=O)OCC1COS(=O)(=O)O1. The highest BCUT2D eigenvalue weighted by molar-refractivity contribution is 7.82. The van der Waals surface area contributed by atoms with Crippen LogP contribution in [0.2, 0.25) is 0 Å². The fourth-order valence-corrected chi connectivity index (χ4v) is 1.71. The van der Waals surface area contributed by atoms with Crippen molar-refractivity contribution in [3.05, 3.63) is 0 Å². The lowest BCUT2D eigenvalue weighted by molar-refractivity contribution is 0.157. The standard InChI is InChI=1S/C3H6O7S2/c4-11(5)8-1-3-2-9-12(6,7)10-3/h3,11H,1-2H2. The largest absolute Gasteiger partial charge is 0.400 e. The molecular weight excluding hydrogens is 212 g/mol. The van der Waals surface area contributed by atoms with E-state index >= 15 is 0 Å². The van der Waals surface area contributed by atoms with E-state index < -0.39 is 27.5 Å². The Balaban J connectivity index is 2.38. The van der Waals surface area contributed by atoms with Gasteiger partial charge in [0.05, 0.1) is 13.2 Å². The molecule has 0 amide bonds. The van der Waals surface area contributed by atoms with Gasteiger partial charge in [0.15, 0.2) is 0 Å². The van der Waals surface area contributed by atoms with Gasteiger partial charge in [0.1, 0.15) is 6.10 Å². The molecule has 0 aromatic rings. The molecule has 0 aromatic heterocycles. The molecule has 0 aromatic carbocycles. The number of hydrogen-bond acceptors (Lipinski definition) is 7. The van der Waals surface area contributed by atoms with E-state index in [-0.39, 0.29) is 13.2 Å². The van der Waals surface area contributed by atoms with Crippen LogP contribution in [0.5, 0.6) is 0 Å². The van der Waals surface area contributed by atoms with Gasteiger partial charge in [-0.15, -0.1) is 0 Å². The molecule has 1 aliphatic heterocycles. The first-order valence-corrected chi connectivity index (χ1v) is 5.27. The maximum absolute atomic E-state index is 10.4. The average Bonchev–Trinajstić information content (AvgIpc) is 2.26. The molecule has 12 heavy (non-hydrogen) atoms. The third-order valence-corrected chi connectivity index (χ3v) is 2.31. The van der Waals surface area contributed by atoms with E-state index in [2.05, 4.69) is 12.5 Å². The van der Waals surface area contributed by atoms with E-state index in [0.29, 0.717) is 0 Å². The van der Waals surface area contributed by atoms with Gasteiger partial charge in [-0.05, 0) is 0 Å². The molecule has 72 valence electrons. The first-order valence-electron chi connectivity index (χ1n) is 2.84. The van der Waals surface area contributed by atoms with Crippen molar-refractivity contribution in [1.29, 1.82) is 0 Å². The van der Waals surface area contributed by atoms with Crippen molar-refractivity contribution in [2.45, 2.75) is 6.10 Å². The summed E-state index contributed by atoms with van der Waals surface area (Å²) in [6, 6.07) is 0. The summed E-state index contributed by atoms with van der Waals surface area (Å²) < 4.78 is 53.2. The monoisotopic (exact) mass is 218 g/mol. The second kappa shape index (κ2) is 3.66. The number of hydrogen-bond donors (Lipinski definition) is 1. The maximum atomic E-state index is 10.4. The zero-order valence-electron chi connectivity index (χ0n) is 5.70. The molecule has 0 aliphatic carbocycles. The van der Waals surface area contributed by atoms with Gasteiger partial charge in [0.25, 0.3) is 11.0 Å². The maximum Gasteiger partial charge on any atom is 0.400 e. The van der Waals surface area contributed by atoms with Crippen LogP contribution in [0, 0.1) is 0 Å². The number of rotatable bonds is 3. The van der Waals surface area contributed by atoms with Crippen LogP contribution in [0.25, 0.3) is 0 Å². The zero-order chi connectivity index (χ0) is 9.19. The minimum Gasteiger partial charge on any atom is -0.269 e. The molecule has 9 heteroatoms. The molecule has 0 bridgehead atoms. The highest BCUT2D eigenvalue weighted by atomic mass is 32.3. The van der Waals surface area contributed by atoms with Crippen molar-refractivity contribution in [2.75, 3.05) is 13.2 Å². The predicted octanol–water partition coefficient (Wildman–Crippen LogP) is -1.81. The lowest BCUT2D eigenvalue weighted by Gasteiger charge is -2.00. The van der Waals surface area contributed by atoms with E-state index in [1.165, 1.54) is 0 Å². The summed E-state index contributed by atoms with van der Waals surface area (Å²) in [5, 5.41) is 0.